The Kier molecular flexibility index (Phi) is 61.9. The van der Waals surface area contributed by atoms with E-state index in [1.54, 1.807) is 0 Å². The molecule has 0 aromatic rings. The molecule has 0 saturated carbocycles. The van der Waals surface area contributed by atoms with Crippen molar-refractivity contribution in [1.82, 2.24) is 5.32 Å². The Hall–Kier alpha value is -1.01. The molecule has 2 heterocycles. The first-order valence-corrected chi connectivity index (χ1v) is 41.3. The van der Waals surface area contributed by atoms with Gasteiger partial charge in [0.15, 0.2) is 12.6 Å². The molecule has 0 aromatic heterocycles. The van der Waals surface area contributed by atoms with Crippen LogP contribution < -0.4 is 5.32 Å². The summed E-state index contributed by atoms with van der Waals surface area (Å²) in [5.74, 6) is -0.195. The Morgan fingerprint density at radius 2 is 0.606 bits per heavy atom. The van der Waals surface area contributed by atoms with Crippen molar-refractivity contribution < 1.29 is 64.6 Å². The predicted molar refractivity (Wildman–Crippen MR) is 388 cm³/mol. The minimum atomic E-state index is -1.78. The van der Waals surface area contributed by atoms with Crippen molar-refractivity contribution in [2.75, 3.05) is 19.8 Å². The van der Waals surface area contributed by atoms with E-state index in [-0.39, 0.29) is 12.5 Å². The van der Waals surface area contributed by atoms with Gasteiger partial charge in [-0.2, -0.15) is 0 Å². The molecule has 12 atom stereocenters. The highest BCUT2D eigenvalue weighted by Crippen LogP contribution is 2.31. The first-order valence-electron chi connectivity index (χ1n) is 41.3. The maximum atomic E-state index is 13.4. The molecular weight excluding hydrogens is 1180 g/mol. The zero-order valence-corrected chi connectivity index (χ0v) is 61.5. The third-order valence-electron chi connectivity index (χ3n) is 20.8. The number of ether oxygens (including phenoxy) is 4. The zero-order valence-electron chi connectivity index (χ0n) is 61.5. The van der Waals surface area contributed by atoms with E-state index in [0.717, 1.165) is 51.4 Å². The van der Waals surface area contributed by atoms with Gasteiger partial charge in [-0.25, -0.2) is 0 Å². The van der Waals surface area contributed by atoms with E-state index in [2.05, 4.69) is 19.2 Å². The lowest BCUT2D eigenvalue weighted by Gasteiger charge is -2.46. The van der Waals surface area contributed by atoms with Crippen LogP contribution in [-0.4, -0.2) is 140 Å². The van der Waals surface area contributed by atoms with Crippen LogP contribution in [0, 0.1) is 0 Å². The van der Waals surface area contributed by atoms with Gasteiger partial charge in [-0.1, -0.05) is 393 Å². The van der Waals surface area contributed by atoms with Gasteiger partial charge in [-0.15, -0.1) is 0 Å². The lowest BCUT2D eigenvalue weighted by Crippen LogP contribution is -2.65. The molecule has 0 aromatic carbocycles. The van der Waals surface area contributed by atoms with Crippen LogP contribution in [-0.2, 0) is 23.7 Å². The number of aliphatic hydroxyl groups excluding tert-OH is 8. The fraction of sp³-hybridized carbons (Fsp3) is 0.988. The van der Waals surface area contributed by atoms with E-state index >= 15 is 0 Å². The Morgan fingerprint density at radius 1 is 0.340 bits per heavy atom. The van der Waals surface area contributed by atoms with Gasteiger partial charge in [0, 0.05) is 6.42 Å². The zero-order chi connectivity index (χ0) is 68.0. The highest BCUT2D eigenvalue weighted by molar-refractivity contribution is 5.76. The van der Waals surface area contributed by atoms with Crippen molar-refractivity contribution in [3.05, 3.63) is 0 Å². The van der Waals surface area contributed by atoms with Gasteiger partial charge in [0.25, 0.3) is 0 Å². The van der Waals surface area contributed by atoms with Crippen molar-refractivity contribution in [3.63, 3.8) is 0 Å². The van der Waals surface area contributed by atoms with Crippen LogP contribution >= 0.6 is 0 Å². The Morgan fingerprint density at radius 3 is 0.904 bits per heavy atom. The highest BCUT2D eigenvalue weighted by atomic mass is 16.7. The van der Waals surface area contributed by atoms with E-state index in [9.17, 15) is 45.6 Å². The Bertz CT molecular complexity index is 1580. The molecule has 2 rings (SSSR count). The average Bonchev–Trinajstić information content (AvgIpc) is 0.794. The highest BCUT2D eigenvalue weighted by Gasteiger charge is 2.51. The van der Waals surface area contributed by atoms with Crippen molar-refractivity contribution in [3.8, 4) is 0 Å². The summed E-state index contributed by atoms with van der Waals surface area (Å²) >= 11 is 0. The topological polar surface area (TPSA) is 228 Å². The maximum Gasteiger partial charge on any atom is 0.220 e. The summed E-state index contributed by atoms with van der Waals surface area (Å²) < 4.78 is 23.0. The van der Waals surface area contributed by atoms with Crippen molar-refractivity contribution in [2.24, 2.45) is 0 Å². The lowest BCUT2D eigenvalue weighted by atomic mass is 9.97. The lowest BCUT2D eigenvalue weighted by molar-refractivity contribution is -0.359. The number of aliphatic hydroxyl groups is 8. The summed E-state index contributed by atoms with van der Waals surface area (Å²) in [4.78, 5) is 13.4. The molecule has 560 valence electrons. The molecular formula is C80H157NO13. The molecule has 2 saturated heterocycles. The summed E-state index contributed by atoms with van der Waals surface area (Å²) in [6.45, 7) is 2.94. The second kappa shape index (κ2) is 65.3. The number of rotatable bonds is 71. The van der Waals surface area contributed by atoms with Crippen molar-refractivity contribution in [2.45, 2.75) is 485 Å². The predicted octanol–water partition coefficient (Wildman–Crippen LogP) is 18.7. The molecule has 2 fully saturated rings. The van der Waals surface area contributed by atoms with E-state index in [0.29, 0.717) is 12.8 Å². The van der Waals surface area contributed by atoms with Crippen LogP contribution in [0.5, 0.6) is 0 Å². The molecule has 0 bridgehead atoms. The number of hydrogen-bond donors (Lipinski definition) is 9. The molecule has 12 unspecified atom stereocenters. The van der Waals surface area contributed by atoms with Gasteiger partial charge >= 0.3 is 0 Å². The quantitative estimate of drug-likeness (QED) is 0.0259. The van der Waals surface area contributed by atoms with E-state index in [1.807, 2.05) is 0 Å². The SMILES string of the molecule is CCCCCCCCCCCCCCCCCCCCCCCCCCCCCCCCCCCCCCCCCC(=O)NC(COC1OC(CO)C(OC2OC(CO)C(O)C(O)C2O)C(O)C1O)C(O)CCCCCCCCCCCCCCCCCCCCCCC. The Balaban J connectivity index is 1.54. The van der Waals surface area contributed by atoms with Gasteiger partial charge in [0.05, 0.1) is 32.0 Å². The minimum Gasteiger partial charge on any atom is -0.394 e. The molecule has 94 heavy (non-hydrogen) atoms. The molecule has 2 aliphatic heterocycles. The standard InChI is InChI=1S/C80H157NO13/c1-3-5-7-9-11-13-15-17-19-21-23-25-26-27-28-29-30-31-32-33-34-35-36-37-38-39-40-41-42-44-46-48-50-52-54-56-58-60-62-64-72(85)81-68(69(84)63-61-59-57-55-53-51-49-47-45-43-24-22-20-18-16-14-12-10-8-6-4-2)67-91-79-77(90)75(88)78(71(66-83)93-79)94-80-76(89)74(87)73(86)70(65-82)92-80/h68-71,73-80,82-84,86-90H,3-67H2,1-2H3,(H,81,85). The molecule has 9 N–H and O–H groups in total. The largest absolute Gasteiger partial charge is 0.394 e. The number of nitrogens with one attached hydrogen (secondary N) is 1. The van der Waals surface area contributed by atoms with Crippen LogP contribution in [0.2, 0.25) is 0 Å². The molecule has 2 aliphatic rings. The first kappa shape index (κ1) is 89.1. The average molecular weight is 1340 g/mol. The van der Waals surface area contributed by atoms with E-state index in [4.69, 9.17) is 18.9 Å². The summed E-state index contributed by atoms with van der Waals surface area (Å²) in [7, 11) is 0. The smallest absolute Gasteiger partial charge is 0.220 e. The van der Waals surface area contributed by atoms with Gasteiger partial charge in [-0.05, 0) is 12.8 Å². The number of unbranched alkanes of at least 4 members (excludes halogenated alkanes) is 58. The second-order valence-corrected chi connectivity index (χ2v) is 29.6. The van der Waals surface area contributed by atoms with Crippen molar-refractivity contribution in [1.29, 1.82) is 0 Å². The fourth-order valence-electron chi connectivity index (χ4n) is 14.3. The normalized spacial score (nSPS) is 22.3. The molecule has 0 spiro atoms. The Labute approximate surface area is 578 Å². The van der Waals surface area contributed by atoms with Crippen LogP contribution in [0.4, 0.5) is 0 Å². The number of carbonyl (C=O) groups is 1. The number of amides is 1. The van der Waals surface area contributed by atoms with Crippen molar-refractivity contribution >= 4 is 5.91 Å². The number of hydrogen-bond acceptors (Lipinski definition) is 13. The molecule has 14 nitrogen and oxygen atoms in total. The fourth-order valence-corrected chi connectivity index (χ4v) is 14.3. The minimum absolute atomic E-state index is 0.195. The maximum absolute atomic E-state index is 13.4. The van der Waals surface area contributed by atoms with Crippen LogP contribution in [0.15, 0.2) is 0 Å². The summed E-state index contributed by atoms with van der Waals surface area (Å²) in [6, 6.07) is -0.825. The molecule has 0 radical (unpaired) electrons. The van der Waals surface area contributed by atoms with Gasteiger partial charge in [0.1, 0.15) is 48.8 Å². The van der Waals surface area contributed by atoms with Crippen LogP contribution in [0.1, 0.15) is 412 Å². The third-order valence-corrected chi connectivity index (χ3v) is 20.8. The van der Waals surface area contributed by atoms with Gasteiger partial charge in [0.2, 0.25) is 5.91 Å². The first-order chi connectivity index (χ1) is 46.1. The van der Waals surface area contributed by atoms with Crippen LogP contribution in [0.25, 0.3) is 0 Å². The number of carbonyl (C=O) groups excluding carboxylic acids is 1. The van der Waals surface area contributed by atoms with E-state index in [1.165, 1.54) is 334 Å². The molecule has 1 amide bonds. The third kappa shape index (κ3) is 47.9. The molecule has 14 heteroatoms. The molecule has 0 aliphatic carbocycles. The summed E-state index contributed by atoms with van der Waals surface area (Å²) in [5, 5.41) is 87.8. The van der Waals surface area contributed by atoms with E-state index < -0.39 is 86.8 Å². The summed E-state index contributed by atoms with van der Waals surface area (Å²) in [5.41, 5.74) is 0. The van der Waals surface area contributed by atoms with Crippen LogP contribution in [0.3, 0.4) is 0 Å². The monoisotopic (exact) mass is 1340 g/mol. The van der Waals surface area contributed by atoms with Gasteiger partial charge < -0.3 is 65.1 Å². The second-order valence-electron chi connectivity index (χ2n) is 29.6. The summed E-state index contributed by atoms with van der Waals surface area (Å²) in [6.07, 6.45) is 64.6. The van der Waals surface area contributed by atoms with Gasteiger partial charge in [-0.3, -0.25) is 4.79 Å².